The van der Waals surface area contributed by atoms with Gasteiger partial charge in [-0.15, -0.1) is 0 Å². The second kappa shape index (κ2) is 4.20. The lowest BCUT2D eigenvalue weighted by atomic mass is 10.1. The van der Waals surface area contributed by atoms with Gasteiger partial charge in [0.05, 0.1) is 11.0 Å². The number of phenolic OH excluding ortho intramolecular Hbond substituents is 1. The highest BCUT2D eigenvalue weighted by Gasteiger charge is 2.22. The molecule has 0 radical (unpaired) electrons. The summed E-state index contributed by atoms with van der Waals surface area (Å²) >= 11 is 0. The van der Waals surface area contributed by atoms with Crippen molar-refractivity contribution >= 4 is 5.69 Å². The Kier molecular flexibility index (Phi) is 3.17. The lowest BCUT2D eigenvalue weighted by Gasteiger charge is -2.11. The number of nitro groups is 1. The van der Waals surface area contributed by atoms with Gasteiger partial charge in [-0.3, -0.25) is 10.1 Å². The summed E-state index contributed by atoms with van der Waals surface area (Å²) in [7, 11) is 0. The van der Waals surface area contributed by atoms with E-state index in [1.54, 1.807) is 0 Å². The van der Waals surface area contributed by atoms with Gasteiger partial charge in [-0.05, 0) is 6.07 Å². The van der Waals surface area contributed by atoms with E-state index in [4.69, 9.17) is 11.5 Å². The molecule has 0 bridgehead atoms. The topological polar surface area (TPSA) is 115 Å². The molecule has 0 amide bonds. The lowest BCUT2D eigenvalue weighted by molar-refractivity contribution is -0.386. The Morgan fingerprint density at radius 3 is 2.67 bits per heavy atom. The van der Waals surface area contributed by atoms with Crippen molar-refractivity contribution in [1.29, 1.82) is 0 Å². The first-order valence-electron chi connectivity index (χ1n) is 4.09. The van der Waals surface area contributed by atoms with Crippen LogP contribution in [0.4, 0.5) is 10.1 Å². The number of phenols is 1. The normalized spacial score (nSPS) is 12.5. The maximum Gasteiger partial charge on any atom is 0.313 e. The number of rotatable bonds is 3. The fourth-order valence-electron chi connectivity index (χ4n) is 1.15. The number of aromatic hydroxyl groups is 1. The minimum Gasteiger partial charge on any atom is -0.502 e. The van der Waals surface area contributed by atoms with Gasteiger partial charge in [0.1, 0.15) is 5.82 Å². The molecule has 0 aliphatic rings. The Labute approximate surface area is 84.5 Å². The molecule has 7 heteroatoms. The molecule has 1 rings (SSSR count). The van der Waals surface area contributed by atoms with Crippen LogP contribution in [-0.4, -0.2) is 16.6 Å². The Hall–Kier alpha value is -1.73. The zero-order chi connectivity index (χ0) is 11.6. The average molecular weight is 215 g/mol. The van der Waals surface area contributed by atoms with Crippen LogP contribution in [0.2, 0.25) is 0 Å². The molecule has 0 saturated heterocycles. The lowest BCUT2D eigenvalue weighted by Crippen LogP contribution is -2.21. The van der Waals surface area contributed by atoms with Gasteiger partial charge in [0, 0.05) is 18.2 Å². The molecule has 15 heavy (non-hydrogen) atoms. The zero-order valence-corrected chi connectivity index (χ0v) is 7.68. The van der Waals surface area contributed by atoms with Crippen molar-refractivity contribution in [1.82, 2.24) is 0 Å². The van der Waals surface area contributed by atoms with Crippen LogP contribution < -0.4 is 11.5 Å². The van der Waals surface area contributed by atoms with Crippen LogP contribution in [0.25, 0.3) is 0 Å². The van der Waals surface area contributed by atoms with Crippen LogP contribution in [0.15, 0.2) is 12.1 Å². The molecule has 0 fully saturated rings. The number of nitrogens with zero attached hydrogens (tertiary/aromatic N) is 1. The third kappa shape index (κ3) is 2.20. The summed E-state index contributed by atoms with van der Waals surface area (Å²) in [6, 6.07) is 0.724. The minimum atomic E-state index is -0.884. The summed E-state index contributed by atoms with van der Waals surface area (Å²) in [6.07, 6.45) is 0. The molecule has 1 atom stereocenters. The highest BCUT2D eigenvalue weighted by molar-refractivity contribution is 5.52. The largest absolute Gasteiger partial charge is 0.502 e. The van der Waals surface area contributed by atoms with Crippen molar-refractivity contribution in [3.05, 3.63) is 33.6 Å². The SMILES string of the molecule is NC[C@@H](N)c1cc(F)cc([N+](=O)[O-])c1O. The minimum absolute atomic E-state index is 0.0475. The highest BCUT2D eigenvalue weighted by atomic mass is 19.1. The monoisotopic (exact) mass is 215 g/mol. The van der Waals surface area contributed by atoms with Crippen molar-refractivity contribution in [2.75, 3.05) is 6.54 Å². The Bertz CT molecular complexity index is 397. The summed E-state index contributed by atoms with van der Waals surface area (Å²) in [5.41, 5.74) is 9.90. The molecule has 0 aliphatic heterocycles. The standard InChI is InChI=1S/C8H10FN3O3/c9-4-1-5(6(11)3-10)8(13)7(2-4)12(14)15/h1-2,6,13H,3,10-11H2/t6-/m1/s1. The molecule has 5 N–H and O–H groups in total. The zero-order valence-electron chi connectivity index (χ0n) is 7.68. The van der Waals surface area contributed by atoms with Crippen molar-refractivity contribution in [2.45, 2.75) is 6.04 Å². The van der Waals surface area contributed by atoms with E-state index in [9.17, 15) is 19.6 Å². The number of benzene rings is 1. The van der Waals surface area contributed by atoms with Gasteiger partial charge in [-0.25, -0.2) is 4.39 Å². The molecular weight excluding hydrogens is 205 g/mol. The summed E-state index contributed by atoms with van der Waals surface area (Å²) in [5, 5.41) is 19.9. The second-order valence-electron chi connectivity index (χ2n) is 2.96. The van der Waals surface area contributed by atoms with E-state index in [-0.39, 0.29) is 12.1 Å². The molecule has 6 nitrogen and oxygen atoms in total. The van der Waals surface area contributed by atoms with Crippen LogP contribution >= 0.6 is 0 Å². The van der Waals surface area contributed by atoms with Gasteiger partial charge < -0.3 is 16.6 Å². The highest BCUT2D eigenvalue weighted by Crippen LogP contribution is 2.33. The van der Waals surface area contributed by atoms with Crippen molar-refractivity contribution < 1.29 is 14.4 Å². The predicted octanol–water partition coefficient (Wildman–Crippen LogP) is 0.398. The van der Waals surface area contributed by atoms with Crippen LogP contribution in [-0.2, 0) is 0 Å². The van der Waals surface area contributed by atoms with Crippen molar-refractivity contribution in [3.63, 3.8) is 0 Å². The number of halogens is 1. The quantitative estimate of drug-likeness (QED) is 0.498. The number of nitro benzene ring substituents is 1. The van der Waals surface area contributed by atoms with Gasteiger partial charge in [-0.2, -0.15) is 0 Å². The maximum atomic E-state index is 13.0. The molecule has 0 unspecified atom stereocenters. The smallest absolute Gasteiger partial charge is 0.313 e. The summed E-state index contributed by atoms with van der Waals surface area (Å²) in [4.78, 5) is 9.56. The van der Waals surface area contributed by atoms with Crippen LogP contribution in [0.1, 0.15) is 11.6 Å². The van der Waals surface area contributed by atoms with Gasteiger partial charge in [0.25, 0.3) is 0 Å². The molecule has 82 valence electrons. The molecular formula is C8H10FN3O3. The van der Waals surface area contributed by atoms with Gasteiger partial charge >= 0.3 is 5.69 Å². The van der Waals surface area contributed by atoms with Crippen LogP contribution in [0.3, 0.4) is 0 Å². The molecule has 0 heterocycles. The Morgan fingerprint density at radius 1 is 1.60 bits per heavy atom. The summed E-state index contributed by atoms with van der Waals surface area (Å²) < 4.78 is 13.0. The predicted molar refractivity (Wildman–Crippen MR) is 50.7 cm³/mol. The number of hydrogen-bond acceptors (Lipinski definition) is 5. The molecule has 0 aliphatic carbocycles. The first-order chi connectivity index (χ1) is 6.97. The van der Waals surface area contributed by atoms with Gasteiger partial charge in [0.2, 0.25) is 0 Å². The molecule has 0 saturated carbocycles. The van der Waals surface area contributed by atoms with E-state index < -0.39 is 28.2 Å². The molecule has 0 aromatic heterocycles. The van der Waals surface area contributed by atoms with E-state index in [1.807, 2.05) is 0 Å². The van der Waals surface area contributed by atoms with Gasteiger partial charge in [0.15, 0.2) is 5.75 Å². The Balaban J connectivity index is 3.34. The van der Waals surface area contributed by atoms with E-state index in [1.165, 1.54) is 0 Å². The third-order valence-corrected chi connectivity index (χ3v) is 1.93. The third-order valence-electron chi connectivity index (χ3n) is 1.93. The molecule has 1 aromatic carbocycles. The van der Waals surface area contributed by atoms with E-state index >= 15 is 0 Å². The fraction of sp³-hybridized carbons (Fsp3) is 0.250. The summed E-state index contributed by atoms with van der Waals surface area (Å²) in [5.74, 6) is -1.47. The fourth-order valence-corrected chi connectivity index (χ4v) is 1.15. The van der Waals surface area contributed by atoms with E-state index in [0.29, 0.717) is 6.07 Å². The van der Waals surface area contributed by atoms with Crippen molar-refractivity contribution in [3.8, 4) is 5.75 Å². The molecule has 1 aromatic rings. The first-order valence-corrected chi connectivity index (χ1v) is 4.09. The van der Waals surface area contributed by atoms with Crippen LogP contribution in [0.5, 0.6) is 5.75 Å². The second-order valence-corrected chi connectivity index (χ2v) is 2.96. The summed E-state index contributed by atoms with van der Waals surface area (Å²) in [6.45, 7) is -0.0475. The van der Waals surface area contributed by atoms with Crippen molar-refractivity contribution in [2.24, 2.45) is 11.5 Å². The Morgan fingerprint density at radius 2 is 2.20 bits per heavy atom. The van der Waals surface area contributed by atoms with E-state index in [0.717, 1.165) is 6.07 Å². The first kappa shape index (κ1) is 11.3. The maximum absolute atomic E-state index is 13.0. The molecule has 0 spiro atoms. The number of nitrogens with two attached hydrogens (primary N) is 2. The van der Waals surface area contributed by atoms with E-state index in [2.05, 4.69) is 0 Å². The number of hydrogen-bond donors (Lipinski definition) is 3. The van der Waals surface area contributed by atoms with Crippen LogP contribution in [0, 0.1) is 15.9 Å². The van der Waals surface area contributed by atoms with Gasteiger partial charge in [-0.1, -0.05) is 0 Å². The average Bonchev–Trinajstić information content (AvgIpc) is 2.19.